The van der Waals surface area contributed by atoms with Crippen molar-refractivity contribution in [2.45, 2.75) is 13.5 Å². The van der Waals surface area contributed by atoms with Gasteiger partial charge in [-0.2, -0.15) is 0 Å². The summed E-state index contributed by atoms with van der Waals surface area (Å²) >= 11 is 0. The maximum absolute atomic E-state index is 12.4. The van der Waals surface area contributed by atoms with Crippen LogP contribution in [0.3, 0.4) is 0 Å². The van der Waals surface area contributed by atoms with Crippen molar-refractivity contribution in [2.24, 2.45) is 0 Å². The minimum absolute atomic E-state index is 0.0425. The molecule has 0 spiro atoms. The third-order valence-corrected chi connectivity index (χ3v) is 2.95. The van der Waals surface area contributed by atoms with Crippen LogP contribution in [0.5, 0.6) is 0 Å². The van der Waals surface area contributed by atoms with Crippen molar-refractivity contribution in [3.05, 3.63) is 30.2 Å². The van der Waals surface area contributed by atoms with Crippen LogP contribution in [0.2, 0.25) is 0 Å². The standard InChI is InChI=1S/C12H13N7O/c1-7-15-9-4-8(13)2-3-10(9)19(7)12(20)6-18-5-11(14)16-17-18/h2-5H,6,13-14H2,1H3. The Kier molecular flexibility index (Phi) is 2.63. The third kappa shape index (κ3) is 1.96. The summed E-state index contributed by atoms with van der Waals surface area (Å²) < 4.78 is 2.92. The molecule has 0 saturated carbocycles. The molecule has 0 atom stereocenters. The molecule has 0 saturated heterocycles. The van der Waals surface area contributed by atoms with Crippen LogP contribution in [-0.4, -0.2) is 30.5 Å². The minimum Gasteiger partial charge on any atom is -0.399 e. The number of hydrogen-bond acceptors (Lipinski definition) is 6. The Bertz CT molecular complexity index is 801. The van der Waals surface area contributed by atoms with Crippen molar-refractivity contribution >= 4 is 28.4 Å². The molecule has 102 valence electrons. The molecule has 0 unspecified atom stereocenters. The first kappa shape index (κ1) is 12.2. The number of hydrogen-bond donors (Lipinski definition) is 2. The molecule has 20 heavy (non-hydrogen) atoms. The quantitative estimate of drug-likeness (QED) is 0.653. The van der Waals surface area contributed by atoms with Gasteiger partial charge in [0.15, 0.2) is 5.82 Å². The van der Waals surface area contributed by atoms with E-state index in [0.717, 1.165) is 5.52 Å². The first-order valence-corrected chi connectivity index (χ1v) is 5.98. The zero-order chi connectivity index (χ0) is 14.3. The van der Waals surface area contributed by atoms with Gasteiger partial charge in [0, 0.05) is 5.69 Å². The van der Waals surface area contributed by atoms with Crippen LogP contribution < -0.4 is 11.5 Å². The van der Waals surface area contributed by atoms with Crippen LogP contribution >= 0.6 is 0 Å². The van der Waals surface area contributed by atoms with Gasteiger partial charge in [-0.25, -0.2) is 9.67 Å². The van der Waals surface area contributed by atoms with Crippen LogP contribution in [0.25, 0.3) is 11.0 Å². The van der Waals surface area contributed by atoms with Gasteiger partial charge in [0.05, 0.1) is 17.2 Å². The smallest absolute Gasteiger partial charge is 0.254 e. The molecule has 2 heterocycles. The molecule has 8 heteroatoms. The maximum Gasteiger partial charge on any atom is 0.254 e. The van der Waals surface area contributed by atoms with Crippen LogP contribution in [0.15, 0.2) is 24.4 Å². The number of rotatable bonds is 2. The number of carbonyl (C=O) groups is 1. The number of fused-ring (bicyclic) bond motifs is 1. The number of anilines is 2. The van der Waals surface area contributed by atoms with Crippen molar-refractivity contribution in [1.29, 1.82) is 0 Å². The zero-order valence-corrected chi connectivity index (χ0v) is 10.8. The highest BCUT2D eigenvalue weighted by atomic mass is 16.2. The number of benzene rings is 1. The molecule has 0 aliphatic rings. The summed E-state index contributed by atoms with van der Waals surface area (Å²) in [7, 11) is 0. The zero-order valence-electron chi connectivity index (χ0n) is 10.8. The average Bonchev–Trinajstić information content (AvgIpc) is 2.91. The molecule has 0 aliphatic heterocycles. The lowest BCUT2D eigenvalue weighted by Gasteiger charge is -2.05. The second-order valence-corrected chi connectivity index (χ2v) is 4.48. The molecular weight excluding hydrogens is 258 g/mol. The van der Waals surface area contributed by atoms with Crippen LogP contribution in [-0.2, 0) is 6.54 Å². The fraction of sp³-hybridized carbons (Fsp3) is 0.167. The summed E-state index contributed by atoms with van der Waals surface area (Å²) in [6, 6.07) is 5.25. The number of nitrogens with zero attached hydrogens (tertiary/aromatic N) is 5. The van der Waals surface area contributed by atoms with E-state index in [1.807, 2.05) is 0 Å². The Morgan fingerprint density at radius 1 is 1.35 bits per heavy atom. The summed E-state index contributed by atoms with van der Waals surface area (Å²) in [6.45, 7) is 1.81. The van der Waals surface area contributed by atoms with Gasteiger partial charge < -0.3 is 11.5 Å². The fourth-order valence-corrected chi connectivity index (χ4v) is 2.13. The van der Waals surface area contributed by atoms with E-state index in [1.54, 1.807) is 25.1 Å². The van der Waals surface area contributed by atoms with Crippen molar-refractivity contribution in [3.63, 3.8) is 0 Å². The molecule has 0 amide bonds. The molecule has 8 nitrogen and oxygen atoms in total. The van der Waals surface area contributed by atoms with Gasteiger partial charge in [-0.1, -0.05) is 5.21 Å². The monoisotopic (exact) mass is 271 g/mol. The van der Waals surface area contributed by atoms with E-state index in [4.69, 9.17) is 11.5 Å². The van der Waals surface area contributed by atoms with Crippen molar-refractivity contribution in [2.75, 3.05) is 11.5 Å². The number of imidazole rings is 1. The van der Waals surface area contributed by atoms with Crippen LogP contribution in [0.4, 0.5) is 11.5 Å². The number of nitrogen functional groups attached to an aromatic ring is 2. The highest BCUT2D eigenvalue weighted by molar-refractivity contribution is 5.92. The lowest BCUT2D eigenvalue weighted by Crippen LogP contribution is -2.19. The van der Waals surface area contributed by atoms with Crippen molar-refractivity contribution in [3.8, 4) is 0 Å². The molecular formula is C12H13N7O. The van der Waals surface area contributed by atoms with Gasteiger partial charge in [0.2, 0.25) is 0 Å². The second-order valence-electron chi connectivity index (χ2n) is 4.48. The fourth-order valence-electron chi connectivity index (χ4n) is 2.13. The molecule has 2 aromatic heterocycles. The van der Waals surface area contributed by atoms with E-state index < -0.39 is 0 Å². The van der Waals surface area contributed by atoms with Gasteiger partial charge in [-0.15, -0.1) is 5.10 Å². The highest BCUT2D eigenvalue weighted by Gasteiger charge is 2.15. The van der Waals surface area contributed by atoms with Gasteiger partial charge in [0.25, 0.3) is 5.91 Å². The number of aromatic nitrogens is 5. The van der Waals surface area contributed by atoms with Crippen LogP contribution in [0, 0.1) is 6.92 Å². The Morgan fingerprint density at radius 2 is 2.15 bits per heavy atom. The Labute approximate surface area is 114 Å². The van der Waals surface area contributed by atoms with Gasteiger partial charge in [-0.05, 0) is 25.1 Å². The van der Waals surface area contributed by atoms with Crippen molar-refractivity contribution < 1.29 is 4.79 Å². The number of aryl methyl sites for hydroxylation is 1. The summed E-state index contributed by atoms with van der Waals surface area (Å²) in [6.07, 6.45) is 1.50. The van der Waals surface area contributed by atoms with E-state index in [9.17, 15) is 4.79 Å². The molecule has 0 bridgehead atoms. The summed E-state index contributed by atoms with van der Waals surface area (Å²) in [4.78, 5) is 16.7. The SMILES string of the molecule is Cc1nc2cc(N)ccc2n1C(=O)Cn1cc(N)nn1. The third-order valence-electron chi connectivity index (χ3n) is 2.95. The number of carbonyl (C=O) groups excluding carboxylic acids is 1. The average molecular weight is 271 g/mol. The van der Waals surface area contributed by atoms with E-state index in [-0.39, 0.29) is 18.3 Å². The second kappa shape index (κ2) is 4.34. The molecule has 0 radical (unpaired) electrons. The predicted molar refractivity (Wildman–Crippen MR) is 73.9 cm³/mol. The Balaban J connectivity index is 2.01. The summed E-state index contributed by atoms with van der Waals surface area (Å²) in [5, 5.41) is 7.40. The molecule has 0 fully saturated rings. The van der Waals surface area contributed by atoms with E-state index in [0.29, 0.717) is 17.0 Å². The Morgan fingerprint density at radius 3 is 2.85 bits per heavy atom. The predicted octanol–water partition coefficient (Wildman–Crippen LogP) is 0.441. The van der Waals surface area contributed by atoms with E-state index in [1.165, 1.54) is 15.4 Å². The minimum atomic E-state index is -0.167. The largest absolute Gasteiger partial charge is 0.399 e. The first-order chi connectivity index (χ1) is 9.54. The van der Waals surface area contributed by atoms with Gasteiger partial charge in [0.1, 0.15) is 12.4 Å². The van der Waals surface area contributed by atoms with Crippen LogP contribution in [0.1, 0.15) is 10.6 Å². The number of nitrogens with two attached hydrogens (primary N) is 2. The lowest BCUT2D eigenvalue weighted by molar-refractivity contribution is 0.0888. The molecule has 3 aromatic rings. The first-order valence-electron chi connectivity index (χ1n) is 5.98. The van der Waals surface area contributed by atoms with E-state index in [2.05, 4.69) is 15.3 Å². The molecule has 1 aromatic carbocycles. The summed E-state index contributed by atoms with van der Waals surface area (Å²) in [5.74, 6) is 0.709. The maximum atomic E-state index is 12.4. The molecule has 0 aliphatic carbocycles. The van der Waals surface area contributed by atoms with E-state index >= 15 is 0 Å². The Hall–Kier alpha value is -2.90. The molecule has 3 rings (SSSR count). The topological polar surface area (TPSA) is 118 Å². The lowest BCUT2D eigenvalue weighted by atomic mass is 10.3. The normalized spacial score (nSPS) is 11.1. The molecule has 4 N–H and O–H groups in total. The highest BCUT2D eigenvalue weighted by Crippen LogP contribution is 2.18. The van der Waals surface area contributed by atoms with Crippen molar-refractivity contribution in [1.82, 2.24) is 24.5 Å². The summed E-state index contributed by atoms with van der Waals surface area (Å²) in [5.41, 5.74) is 13.2. The van der Waals surface area contributed by atoms with Gasteiger partial charge in [-0.3, -0.25) is 9.36 Å². The van der Waals surface area contributed by atoms with Gasteiger partial charge >= 0.3 is 0 Å².